The maximum atomic E-state index is 13.9. The van der Waals surface area contributed by atoms with Crippen LogP contribution in [0.25, 0.3) is 0 Å². The summed E-state index contributed by atoms with van der Waals surface area (Å²) in [4.78, 5) is 27.8. The Balaban J connectivity index is 0.00000288. The van der Waals surface area contributed by atoms with Gasteiger partial charge in [-0.15, -0.1) is 0 Å². The first-order valence-corrected chi connectivity index (χ1v) is 17.6. The Morgan fingerprint density at radius 1 is 0.587 bits per heavy atom. The molecule has 0 atom stereocenters. The van der Waals surface area contributed by atoms with Crippen molar-refractivity contribution in [1.29, 1.82) is 0 Å². The first-order valence-electron chi connectivity index (χ1n) is 17.6. The van der Waals surface area contributed by atoms with Gasteiger partial charge in [0, 0.05) is 24.7 Å². The number of quaternary nitrogens is 2. The van der Waals surface area contributed by atoms with Gasteiger partial charge in [0.25, 0.3) is 0 Å². The summed E-state index contributed by atoms with van der Waals surface area (Å²) in [6, 6.07) is 20.1. The van der Waals surface area contributed by atoms with Crippen molar-refractivity contribution in [2.45, 2.75) is 77.0 Å². The first kappa shape index (κ1) is 39.2. The van der Waals surface area contributed by atoms with Gasteiger partial charge in [-0.25, -0.2) is 0 Å². The SMILES string of the molecule is CC[N+]1(CCCOC(=O)C2C(c3ccccc3)C(C(=O)OCCC[N+]3(CC)CCCCC3)C2c2ccccc2)CCCCC1.[I-].[I-]. The lowest BCUT2D eigenvalue weighted by Crippen LogP contribution is -3.00. The molecule has 0 radical (unpaired) electrons. The Hall–Kier alpha value is -1.24. The molecule has 3 aliphatic rings. The molecule has 1 saturated carbocycles. The predicted octanol–water partition coefficient (Wildman–Crippen LogP) is 0.716. The van der Waals surface area contributed by atoms with Gasteiger partial charge in [-0.3, -0.25) is 9.59 Å². The normalized spacial score (nSPS) is 24.7. The van der Waals surface area contributed by atoms with Crippen LogP contribution in [0.3, 0.4) is 0 Å². The average Bonchev–Trinajstić information content (AvgIpc) is 3.06. The number of piperidine rings is 2. The number of hydrogen-bond acceptors (Lipinski definition) is 4. The molecule has 2 heterocycles. The third kappa shape index (κ3) is 9.47. The van der Waals surface area contributed by atoms with E-state index in [0.29, 0.717) is 13.2 Å². The molecular formula is C38H56I2N2O4. The van der Waals surface area contributed by atoms with Crippen molar-refractivity contribution in [1.82, 2.24) is 0 Å². The van der Waals surface area contributed by atoms with Gasteiger partial charge in [-0.2, -0.15) is 0 Å². The molecule has 2 aromatic carbocycles. The van der Waals surface area contributed by atoms with E-state index >= 15 is 0 Å². The number of carbonyl (C=O) groups excluding carboxylic acids is 2. The van der Waals surface area contributed by atoms with Crippen molar-refractivity contribution in [3.63, 3.8) is 0 Å². The van der Waals surface area contributed by atoms with Crippen LogP contribution in [0.4, 0.5) is 0 Å². The zero-order valence-electron chi connectivity index (χ0n) is 28.1. The third-order valence-electron chi connectivity index (χ3n) is 11.4. The molecule has 0 bridgehead atoms. The van der Waals surface area contributed by atoms with E-state index in [1.54, 1.807) is 0 Å². The Morgan fingerprint density at radius 3 is 1.26 bits per heavy atom. The predicted molar refractivity (Wildman–Crippen MR) is 175 cm³/mol. The molecule has 5 rings (SSSR count). The molecule has 2 aromatic rings. The summed E-state index contributed by atoms with van der Waals surface area (Å²) in [5.74, 6) is -1.70. The minimum absolute atomic E-state index is 0. The van der Waals surface area contributed by atoms with Crippen molar-refractivity contribution in [2.24, 2.45) is 11.8 Å². The summed E-state index contributed by atoms with van der Waals surface area (Å²) in [7, 11) is 0. The molecule has 1 aliphatic carbocycles. The number of carbonyl (C=O) groups is 2. The number of hydrogen-bond donors (Lipinski definition) is 0. The quantitative estimate of drug-likeness (QED) is 0.122. The van der Waals surface area contributed by atoms with E-state index in [1.807, 2.05) is 60.7 Å². The number of halogens is 2. The first-order chi connectivity index (χ1) is 21.5. The van der Waals surface area contributed by atoms with Crippen LogP contribution in [0.5, 0.6) is 0 Å². The van der Waals surface area contributed by atoms with E-state index in [9.17, 15) is 9.59 Å². The molecule has 2 aliphatic heterocycles. The second-order valence-electron chi connectivity index (χ2n) is 13.7. The molecule has 2 saturated heterocycles. The van der Waals surface area contributed by atoms with Gasteiger partial charge in [-0.1, -0.05) is 60.7 Å². The third-order valence-corrected chi connectivity index (χ3v) is 11.4. The van der Waals surface area contributed by atoms with Gasteiger partial charge in [-0.05, 0) is 63.5 Å². The molecule has 6 nitrogen and oxygen atoms in total. The molecular weight excluding hydrogens is 802 g/mol. The van der Waals surface area contributed by atoms with E-state index in [-0.39, 0.29) is 71.7 Å². The summed E-state index contributed by atoms with van der Waals surface area (Å²) in [6.45, 7) is 14.8. The van der Waals surface area contributed by atoms with E-state index < -0.39 is 11.8 Å². The van der Waals surface area contributed by atoms with Crippen molar-refractivity contribution in [3.8, 4) is 0 Å². The van der Waals surface area contributed by atoms with E-state index in [2.05, 4.69) is 13.8 Å². The van der Waals surface area contributed by atoms with Crippen LogP contribution in [-0.4, -0.2) is 86.5 Å². The number of nitrogens with zero attached hydrogens (tertiary/aromatic N) is 2. The molecule has 0 N–H and O–H groups in total. The lowest BCUT2D eigenvalue weighted by atomic mass is 9.52. The summed E-state index contributed by atoms with van der Waals surface area (Å²) in [5, 5.41) is 0. The molecule has 3 fully saturated rings. The molecule has 0 amide bonds. The highest BCUT2D eigenvalue weighted by Crippen LogP contribution is 2.58. The van der Waals surface area contributed by atoms with E-state index in [0.717, 1.165) is 59.1 Å². The second-order valence-corrected chi connectivity index (χ2v) is 13.7. The van der Waals surface area contributed by atoms with Gasteiger partial charge in [0.05, 0.1) is 77.4 Å². The zero-order valence-corrected chi connectivity index (χ0v) is 32.4. The average molecular weight is 859 g/mol. The van der Waals surface area contributed by atoms with Gasteiger partial charge in [0.15, 0.2) is 0 Å². The molecule has 8 heteroatoms. The largest absolute Gasteiger partial charge is 1.00 e. The molecule has 256 valence electrons. The maximum Gasteiger partial charge on any atom is 0.310 e. The number of likely N-dealkylation sites (tertiary alicyclic amines) is 2. The van der Waals surface area contributed by atoms with Crippen molar-refractivity contribution < 1.29 is 76.0 Å². The highest BCUT2D eigenvalue weighted by Gasteiger charge is 2.59. The summed E-state index contributed by atoms with van der Waals surface area (Å²) < 4.78 is 14.4. The number of benzene rings is 2. The lowest BCUT2D eigenvalue weighted by molar-refractivity contribution is -0.931. The van der Waals surface area contributed by atoms with Crippen molar-refractivity contribution in [3.05, 3.63) is 71.8 Å². The fraction of sp³-hybridized carbons (Fsp3) is 0.632. The minimum atomic E-state index is -0.413. The van der Waals surface area contributed by atoms with Gasteiger partial charge in [0.2, 0.25) is 0 Å². The minimum Gasteiger partial charge on any atom is -1.00 e. The van der Waals surface area contributed by atoms with Crippen LogP contribution in [0.15, 0.2) is 60.7 Å². The smallest absolute Gasteiger partial charge is 0.310 e. The van der Waals surface area contributed by atoms with Crippen LogP contribution >= 0.6 is 0 Å². The molecule has 0 unspecified atom stereocenters. The van der Waals surface area contributed by atoms with Crippen LogP contribution in [0.2, 0.25) is 0 Å². The Labute approximate surface area is 312 Å². The van der Waals surface area contributed by atoms with Crippen molar-refractivity contribution >= 4 is 11.9 Å². The molecule has 0 aromatic heterocycles. The van der Waals surface area contributed by atoms with Crippen LogP contribution in [0.1, 0.15) is 88.2 Å². The van der Waals surface area contributed by atoms with Crippen LogP contribution in [-0.2, 0) is 19.1 Å². The number of ether oxygens (including phenoxy) is 2. The molecule has 46 heavy (non-hydrogen) atoms. The van der Waals surface area contributed by atoms with E-state index in [4.69, 9.17) is 9.47 Å². The standard InChI is InChI=1S/C38H56N2O4.2HI/c1-3-39(23-13-7-14-24-39)27-17-29-43-37(41)35-33(31-19-9-5-10-20-31)36(34(35)32-21-11-6-12-22-32)38(42)44-30-18-28-40(4-2)25-15-8-16-26-40;;/h5-6,9-12,19-22,33-36H,3-4,7-8,13-18,23-30H2,1-2H3;2*1H/q+2;;/p-2. The van der Waals surface area contributed by atoms with Gasteiger partial charge in [0.1, 0.15) is 0 Å². The summed E-state index contributed by atoms with van der Waals surface area (Å²) in [6.07, 6.45) is 9.60. The maximum absolute atomic E-state index is 13.9. The highest BCUT2D eigenvalue weighted by atomic mass is 127. The van der Waals surface area contributed by atoms with Crippen molar-refractivity contribution in [2.75, 3.05) is 65.6 Å². The van der Waals surface area contributed by atoms with Gasteiger partial charge >= 0.3 is 11.9 Å². The summed E-state index contributed by atoms with van der Waals surface area (Å²) in [5.41, 5.74) is 2.02. The van der Waals surface area contributed by atoms with Crippen LogP contribution in [0, 0.1) is 11.8 Å². The molecule has 0 spiro atoms. The van der Waals surface area contributed by atoms with E-state index in [1.165, 1.54) is 64.7 Å². The topological polar surface area (TPSA) is 52.6 Å². The second kappa shape index (κ2) is 19.1. The fourth-order valence-electron chi connectivity index (χ4n) is 8.61. The Kier molecular flexibility index (Phi) is 16.3. The Morgan fingerprint density at radius 2 is 0.935 bits per heavy atom. The zero-order chi connectivity index (χ0) is 30.8. The number of esters is 2. The Bertz CT molecular complexity index is 1080. The number of rotatable bonds is 14. The lowest BCUT2D eigenvalue weighted by Gasteiger charge is -2.49. The van der Waals surface area contributed by atoms with Gasteiger partial charge < -0.3 is 66.4 Å². The fourth-order valence-corrected chi connectivity index (χ4v) is 8.61. The summed E-state index contributed by atoms with van der Waals surface area (Å²) >= 11 is 0. The van der Waals surface area contributed by atoms with Crippen LogP contribution < -0.4 is 48.0 Å². The highest BCUT2D eigenvalue weighted by molar-refractivity contribution is 5.85. The monoisotopic (exact) mass is 858 g/mol.